The number of aromatic nitrogens is 2. The van der Waals surface area contributed by atoms with Crippen LogP contribution in [0.3, 0.4) is 0 Å². The Morgan fingerprint density at radius 2 is 1.73 bits per heavy atom. The smallest absolute Gasteiger partial charge is 0.258 e. The molecule has 1 amide bonds. The van der Waals surface area contributed by atoms with Crippen LogP contribution >= 0.6 is 0 Å². The molecule has 1 aliphatic rings. The van der Waals surface area contributed by atoms with Crippen molar-refractivity contribution in [1.82, 2.24) is 14.7 Å². The lowest BCUT2D eigenvalue weighted by Crippen LogP contribution is -3.14. The Morgan fingerprint density at radius 3 is 2.37 bits per heavy atom. The van der Waals surface area contributed by atoms with Crippen molar-refractivity contribution >= 4 is 5.91 Å². The SMILES string of the molecule is CCc1ccc(-c2nn(-c3ccccc3C)cc2C(=O)N2CC[NH+](CC)CC2)cc1. The van der Waals surface area contributed by atoms with Gasteiger partial charge in [-0.15, -0.1) is 0 Å². The van der Waals surface area contributed by atoms with E-state index in [0.717, 1.165) is 61.7 Å². The molecular weight excluding hydrogens is 372 g/mol. The van der Waals surface area contributed by atoms with E-state index in [1.54, 1.807) is 4.90 Å². The van der Waals surface area contributed by atoms with E-state index >= 15 is 0 Å². The molecule has 2 aromatic carbocycles. The molecule has 0 saturated carbocycles. The van der Waals surface area contributed by atoms with E-state index in [1.165, 1.54) is 5.56 Å². The lowest BCUT2D eigenvalue weighted by atomic mass is 10.0. The highest BCUT2D eigenvalue weighted by Crippen LogP contribution is 2.26. The van der Waals surface area contributed by atoms with E-state index in [0.29, 0.717) is 5.56 Å². The van der Waals surface area contributed by atoms with Gasteiger partial charge in [-0.1, -0.05) is 49.4 Å². The number of carbonyl (C=O) groups is 1. The highest BCUT2D eigenvalue weighted by molar-refractivity contribution is 6.00. The van der Waals surface area contributed by atoms with Crippen LogP contribution in [0.5, 0.6) is 0 Å². The van der Waals surface area contributed by atoms with Gasteiger partial charge < -0.3 is 9.80 Å². The molecule has 1 N–H and O–H groups in total. The molecule has 1 aromatic heterocycles. The van der Waals surface area contributed by atoms with Crippen molar-refractivity contribution in [1.29, 1.82) is 0 Å². The topological polar surface area (TPSA) is 42.6 Å². The highest BCUT2D eigenvalue weighted by atomic mass is 16.2. The summed E-state index contributed by atoms with van der Waals surface area (Å²) in [5.41, 5.74) is 5.85. The van der Waals surface area contributed by atoms with Gasteiger partial charge in [-0.05, 0) is 37.5 Å². The third-order valence-electron chi connectivity index (χ3n) is 6.20. The Bertz CT molecular complexity index is 1010. The van der Waals surface area contributed by atoms with Crippen molar-refractivity contribution in [3.05, 3.63) is 71.4 Å². The number of nitrogens with zero attached hydrogens (tertiary/aromatic N) is 3. The van der Waals surface area contributed by atoms with Crippen LogP contribution < -0.4 is 4.90 Å². The Hall–Kier alpha value is -2.92. The molecule has 1 aliphatic heterocycles. The average molecular weight is 404 g/mol. The second kappa shape index (κ2) is 8.84. The molecule has 4 rings (SSSR count). The van der Waals surface area contributed by atoms with Crippen molar-refractivity contribution < 1.29 is 9.69 Å². The van der Waals surface area contributed by atoms with Gasteiger partial charge >= 0.3 is 0 Å². The molecule has 0 atom stereocenters. The van der Waals surface area contributed by atoms with Crippen LogP contribution in [0.2, 0.25) is 0 Å². The number of hydrogen-bond acceptors (Lipinski definition) is 2. The van der Waals surface area contributed by atoms with E-state index in [-0.39, 0.29) is 5.91 Å². The normalized spacial score (nSPS) is 14.8. The predicted octanol–water partition coefficient (Wildman–Crippen LogP) is 2.77. The molecule has 0 bridgehead atoms. The number of hydrogen-bond donors (Lipinski definition) is 1. The van der Waals surface area contributed by atoms with Crippen LogP contribution in [0.15, 0.2) is 54.7 Å². The van der Waals surface area contributed by atoms with Crippen molar-refractivity contribution in [2.24, 2.45) is 0 Å². The monoisotopic (exact) mass is 403 g/mol. The first kappa shape index (κ1) is 20.4. The van der Waals surface area contributed by atoms with Crippen LogP contribution in [0.25, 0.3) is 16.9 Å². The van der Waals surface area contributed by atoms with E-state index in [4.69, 9.17) is 5.10 Å². The summed E-state index contributed by atoms with van der Waals surface area (Å²) in [5.74, 6) is 0.0829. The van der Waals surface area contributed by atoms with Crippen LogP contribution in [0.1, 0.15) is 35.3 Å². The Kier molecular flexibility index (Phi) is 6.00. The molecule has 156 valence electrons. The minimum Gasteiger partial charge on any atom is -0.332 e. The number of likely N-dealkylation sites (N-methyl/N-ethyl adjacent to an activating group) is 1. The van der Waals surface area contributed by atoms with Crippen molar-refractivity contribution in [3.63, 3.8) is 0 Å². The largest absolute Gasteiger partial charge is 0.332 e. The van der Waals surface area contributed by atoms with E-state index in [2.05, 4.69) is 51.1 Å². The molecule has 0 aliphatic carbocycles. The van der Waals surface area contributed by atoms with Gasteiger partial charge in [0.05, 0.1) is 44.0 Å². The maximum Gasteiger partial charge on any atom is 0.258 e. The molecule has 1 fully saturated rings. The maximum atomic E-state index is 13.5. The number of amides is 1. The molecule has 0 spiro atoms. The molecule has 5 nitrogen and oxygen atoms in total. The van der Waals surface area contributed by atoms with E-state index in [1.807, 2.05) is 34.0 Å². The lowest BCUT2D eigenvalue weighted by molar-refractivity contribution is -0.902. The standard InChI is InChI=1S/C25H30N4O/c1-4-20-10-12-21(13-11-20)24-22(25(30)28-16-14-27(5-2)15-17-28)18-29(26-24)23-9-7-6-8-19(23)3/h6-13,18H,4-5,14-17H2,1-3H3/p+1. The molecule has 5 heteroatoms. The van der Waals surface area contributed by atoms with Gasteiger partial charge in [0.25, 0.3) is 5.91 Å². The number of benzene rings is 2. The summed E-state index contributed by atoms with van der Waals surface area (Å²) >= 11 is 0. The summed E-state index contributed by atoms with van der Waals surface area (Å²) in [6.07, 6.45) is 2.90. The van der Waals surface area contributed by atoms with E-state index in [9.17, 15) is 4.79 Å². The van der Waals surface area contributed by atoms with Crippen LogP contribution in [-0.4, -0.2) is 53.3 Å². The van der Waals surface area contributed by atoms with Crippen molar-refractivity contribution in [3.8, 4) is 16.9 Å². The summed E-state index contributed by atoms with van der Waals surface area (Å²) in [6, 6.07) is 16.6. The maximum absolute atomic E-state index is 13.5. The molecule has 0 unspecified atom stereocenters. The van der Waals surface area contributed by atoms with Gasteiger partial charge in [0.15, 0.2) is 0 Å². The van der Waals surface area contributed by atoms with Gasteiger partial charge in [-0.25, -0.2) is 4.68 Å². The fraction of sp³-hybridized carbons (Fsp3) is 0.360. The predicted molar refractivity (Wildman–Crippen MR) is 120 cm³/mol. The first-order chi connectivity index (χ1) is 14.6. The van der Waals surface area contributed by atoms with Gasteiger partial charge in [0, 0.05) is 11.8 Å². The zero-order chi connectivity index (χ0) is 21.1. The lowest BCUT2D eigenvalue weighted by Gasteiger charge is -2.31. The number of rotatable bonds is 5. The Balaban J connectivity index is 1.73. The van der Waals surface area contributed by atoms with Gasteiger partial charge in [-0.2, -0.15) is 5.10 Å². The quantitative estimate of drug-likeness (QED) is 0.712. The fourth-order valence-corrected chi connectivity index (χ4v) is 4.14. The second-order valence-electron chi connectivity index (χ2n) is 8.07. The van der Waals surface area contributed by atoms with Gasteiger partial charge in [0.2, 0.25) is 0 Å². The Morgan fingerprint density at radius 1 is 1.03 bits per heavy atom. The number of piperazine rings is 1. The number of nitrogens with one attached hydrogen (secondary N) is 1. The highest BCUT2D eigenvalue weighted by Gasteiger charge is 2.27. The minimum absolute atomic E-state index is 0.0829. The Labute approximate surface area is 178 Å². The molecule has 30 heavy (non-hydrogen) atoms. The van der Waals surface area contributed by atoms with Gasteiger partial charge in [0.1, 0.15) is 5.69 Å². The average Bonchev–Trinajstić information content (AvgIpc) is 3.24. The molecule has 0 radical (unpaired) electrons. The van der Waals surface area contributed by atoms with Crippen LogP contribution in [0, 0.1) is 6.92 Å². The number of quaternary nitrogens is 1. The van der Waals surface area contributed by atoms with Crippen molar-refractivity contribution in [2.45, 2.75) is 27.2 Å². The summed E-state index contributed by atoms with van der Waals surface area (Å²) in [6.45, 7) is 11.1. The second-order valence-corrected chi connectivity index (χ2v) is 8.07. The fourth-order valence-electron chi connectivity index (χ4n) is 4.14. The van der Waals surface area contributed by atoms with Crippen LogP contribution in [0.4, 0.5) is 0 Å². The molecule has 2 heterocycles. The van der Waals surface area contributed by atoms with E-state index < -0.39 is 0 Å². The summed E-state index contributed by atoms with van der Waals surface area (Å²) < 4.78 is 1.86. The minimum atomic E-state index is 0.0829. The number of carbonyl (C=O) groups excluding carboxylic acids is 1. The first-order valence-electron chi connectivity index (χ1n) is 11.0. The summed E-state index contributed by atoms with van der Waals surface area (Å²) in [5, 5.41) is 4.88. The van der Waals surface area contributed by atoms with Crippen molar-refractivity contribution in [2.75, 3.05) is 32.7 Å². The third kappa shape index (κ3) is 4.03. The molecule has 3 aromatic rings. The summed E-state index contributed by atoms with van der Waals surface area (Å²) in [4.78, 5) is 17.1. The number of aryl methyl sites for hydroxylation is 2. The first-order valence-corrected chi connectivity index (χ1v) is 11.0. The third-order valence-corrected chi connectivity index (χ3v) is 6.20. The number of para-hydroxylation sites is 1. The summed E-state index contributed by atoms with van der Waals surface area (Å²) in [7, 11) is 0. The zero-order valence-electron chi connectivity index (χ0n) is 18.2. The zero-order valence-corrected chi connectivity index (χ0v) is 18.2. The van der Waals surface area contributed by atoms with Gasteiger partial charge in [-0.3, -0.25) is 4.79 Å². The molecule has 1 saturated heterocycles. The molecular formula is C25H31N4O+. The van der Waals surface area contributed by atoms with Crippen LogP contribution in [-0.2, 0) is 6.42 Å².